The highest BCUT2D eigenvalue weighted by Crippen LogP contribution is 2.12. The average molecular weight is 284 g/mol. The molecule has 0 saturated carbocycles. The number of rotatable bonds is 7. The van der Waals surface area contributed by atoms with Crippen LogP contribution in [0.5, 0.6) is 0 Å². The monoisotopic (exact) mass is 284 g/mol. The lowest BCUT2D eigenvalue weighted by atomic mass is 10.3. The summed E-state index contributed by atoms with van der Waals surface area (Å²) < 4.78 is 31.6. The van der Waals surface area contributed by atoms with Crippen molar-refractivity contribution < 1.29 is 12.8 Å². The van der Waals surface area contributed by atoms with E-state index < -0.39 is 10.0 Å². The fraction of sp³-hybridized carbons (Fsp3) is 0.364. The molecule has 8 heteroatoms. The number of aromatic amines is 1. The van der Waals surface area contributed by atoms with Gasteiger partial charge in [-0.25, -0.2) is 13.1 Å². The zero-order chi connectivity index (χ0) is 13.7. The Bertz CT molecular complexity index is 604. The number of nitrogens with one attached hydrogen (secondary N) is 3. The summed E-state index contributed by atoms with van der Waals surface area (Å²) >= 11 is 0. The predicted octanol–water partition coefficient (Wildman–Crippen LogP) is 0.591. The molecule has 0 aromatic carbocycles. The van der Waals surface area contributed by atoms with E-state index >= 15 is 0 Å². The molecule has 2 aromatic rings. The van der Waals surface area contributed by atoms with Gasteiger partial charge in [0.25, 0.3) is 10.0 Å². The van der Waals surface area contributed by atoms with Gasteiger partial charge < -0.3 is 9.73 Å². The van der Waals surface area contributed by atoms with Crippen LogP contribution in [0.25, 0.3) is 0 Å². The van der Waals surface area contributed by atoms with E-state index in [1.807, 2.05) is 6.92 Å². The van der Waals surface area contributed by atoms with E-state index in [0.717, 1.165) is 12.1 Å². The Hall–Kier alpha value is -1.64. The summed E-state index contributed by atoms with van der Waals surface area (Å²) in [5.74, 6) is 0. The molecule has 0 aliphatic rings. The SMILES string of the molecule is CCNCc1cn[nH]c1S(=O)(=O)NCc1ccoc1. The maximum absolute atomic E-state index is 12.1. The molecule has 0 bridgehead atoms. The molecule has 2 rings (SSSR count). The quantitative estimate of drug-likeness (QED) is 0.691. The lowest BCUT2D eigenvalue weighted by Crippen LogP contribution is -2.25. The van der Waals surface area contributed by atoms with E-state index in [0.29, 0.717) is 12.1 Å². The minimum absolute atomic E-state index is 0.0944. The maximum atomic E-state index is 12.1. The molecular weight excluding hydrogens is 268 g/mol. The van der Waals surface area contributed by atoms with E-state index in [1.165, 1.54) is 18.7 Å². The first-order valence-electron chi connectivity index (χ1n) is 5.87. The largest absolute Gasteiger partial charge is 0.472 e. The minimum atomic E-state index is -3.60. The molecule has 104 valence electrons. The van der Waals surface area contributed by atoms with Gasteiger partial charge in [0, 0.05) is 24.2 Å². The zero-order valence-electron chi connectivity index (χ0n) is 10.5. The molecule has 0 saturated heterocycles. The highest BCUT2D eigenvalue weighted by atomic mass is 32.2. The van der Waals surface area contributed by atoms with Crippen LogP contribution in [0, 0.1) is 0 Å². The van der Waals surface area contributed by atoms with Crippen molar-refractivity contribution in [1.82, 2.24) is 20.2 Å². The average Bonchev–Trinajstić information content (AvgIpc) is 3.05. The topological polar surface area (TPSA) is 100 Å². The van der Waals surface area contributed by atoms with Crippen molar-refractivity contribution in [2.75, 3.05) is 6.54 Å². The van der Waals surface area contributed by atoms with E-state index in [2.05, 4.69) is 20.2 Å². The maximum Gasteiger partial charge on any atom is 0.258 e. The van der Waals surface area contributed by atoms with Crippen molar-refractivity contribution in [2.24, 2.45) is 0 Å². The van der Waals surface area contributed by atoms with Crippen molar-refractivity contribution in [3.63, 3.8) is 0 Å². The first-order chi connectivity index (χ1) is 9.13. The third-order valence-corrected chi connectivity index (χ3v) is 3.97. The van der Waals surface area contributed by atoms with Gasteiger partial charge >= 0.3 is 0 Å². The molecule has 0 fully saturated rings. The Kier molecular flexibility index (Phi) is 4.35. The standard InChI is InChI=1S/C11H16N4O3S/c1-2-12-6-10-7-13-15-11(10)19(16,17)14-5-9-3-4-18-8-9/h3-4,7-8,12,14H,2,5-6H2,1H3,(H,13,15). The third-order valence-electron chi connectivity index (χ3n) is 2.56. The lowest BCUT2D eigenvalue weighted by Gasteiger charge is -2.06. The van der Waals surface area contributed by atoms with Crippen molar-refractivity contribution >= 4 is 10.0 Å². The number of hydrogen-bond donors (Lipinski definition) is 3. The molecule has 0 aliphatic heterocycles. The fourth-order valence-electron chi connectivity index (χ4n) is 1.56. The molecular formula is C11H16N4O3S. The van der Waals surface area contributed by atoms with E-state index in [-0.39, 0.29) is 11.6 Å². The highest BCUT2D eigenvalue weighted by Gasteiger charge is 2.20. The molecule has 7 nitrogen and oxygen atoms in total. The van der Waals surface area contributed by atoms with Gasteiger partial charge in [-0.1, -0.05) is 6.92 Å². The van der Waals surface area contributed by atoms with Gasteiger partial charge in [-0.15, -0.1) is 0 Å². The molecule has 0 spiro atoms. The number of hydrogen-bond acceptors (Lipinski definition) is 5. The van der Waals surface area contributed by atoms with Crippen LogP contribution in [-0.2, 0) is 23.1 Å². The summed E-state index contributed by atoms with van der Waals surface area (Å²) in [5.41, 5.74) is 1.37. The second-order valence-electron chi connectivity index (χ2n) is 3.96. The molecule has 2 heterocycles. The zero-order valence-corrected chi connectivity index (χ0v) is 11.3. The molecule has 19 heavy (non-hydrogen) atoms. The Morgan fingerprint density at radius 2 is 2.26 bits per heavy atom. The Morgan fingerprint density at radius 3 is 2.95 bits per heavy atom. The number of H-pyrrole nitrogens is 1. The van der Waals surface area contributed by atoms with Crippen LogP contribution >= 0.6 is 0 Å². The smallest absolute Gasteiger partial charge is 0.258 e. The lowest BCUT2D eigenvalue weighted by molar-refractivity contribution is 0.560. The highest BCUT2D eigenvalue weighted by molar-refractivity contribution is 7.89. The number of aromatic nitrogens is 2. The molecule has 0 atom stereocenters. The predicted molar refractivity (Wildman–Crippen MR) is 68.7 cm³/mol. The molecule has 3 N–H and O–H groups in total. The summed E-state index contributed by atoms with van der Waals surface area (Å²) in [4.78, 5) is 0. The van der Waals surface area contributed by atoms with Gasteiger partial charge in [-0.3, -0.25) is 5.10 Å². The van der Waals surface area contributed by atoms with Crippen LogP contribution < -0.4 is 10.0 Å². The number of nitrogens with zero attached hydrogens (tertiary/aromatic N) is 1. The third kappa shape index (κ3) is 3.43. The van der Waals surface area contributed by atoms with E-state index in [4.69, 9.17) is 4.42 Å². The Balaban J connectivity index is 2.08. The van der Waals surface area contributed by atoms with Gasteiger partial charge in [0.1, 0.15) is 0 Å². The Labute approximate surface area is 111 Å². The van der Waals surface area contributed by atoms with Crippen molar-refractivity contribution in [3.05, 3.63) is 35.9 Å². The first kappa shape index (κ1) is 13.8. The van der Waals surface area contributed by atoms with Crippen molar-refractivity contribution in [2.45, 2.75) is 25.0 Å². The summed E-state index contributed by atoms with van der Waals surface area (Å²) in [6, 6.07) is 1.70. The number of furan rings is 1. The van der Waals surface area contributed by atoms with E-state index in [1.54, 1.807) is 6.07 Å². The van der Waals surface area contributed by atoms with Crippen LogP contribution in [0.15, 0.2) is 34.2 Å². The molecule has 0 amide bonds. The molecule has 0 radical (unpaired) electrons. The second-order valence-corrected chi connectivity index (χ2v) is 5.66. The minimum Gasteiger partial charge on any atom is -0.472 e. The van der Waals surface area contributed by atoms with Gasteiger partial charge in [0.05, 0.1) is 18.7 Å². The van der Waals surface area contributed by atoms with Gasteiger partial charge in [-0.05, 0) is 12.6 Å². The van der Waals surface area contributed by atoms with Crippen LogP contribution in [-0.4, -0.2) is 25.2 Å². The molecule has 2 aromatic heterocycles. The fourth-order valence-corrected chi connectivity index (χ4v) is 2.71. The number of sulfonamides is 1. The summed E-state index contributed by atoms with van der Waals surface area (Å²) in [6.07, 6.45) is 4.50. The van der Waals surface area contributed by atoms with Crippen molar-refractivity contribution in [3.8, 4) is 0 Å². The van der Waals surface area contributed by atoms with Gasteiger partial charge in [-0.2, -0.15) is 5.10 Å². The van der Waals surface area contributed by atoms with Crippen LogP contribution in [0.2, 0.25) is 0 Å². The normalized spacial score (nSPS) is 11.8. The first-order valence-corrected chi connectivity index (χ1v) is 7.35. The van der Waals surface area contributed by atoms with Crippen LogP contribution in [0.4, 0.5) is 0 Å². The van der Waals surface area contributed by atoms with Gasteiger partial charge in [0.2, 0.25) is 0 Å². The molecule has 0 aliphatic carbocycles. The van der Waals surface area contributed by atoms with Crippen molar-refractivity contribution in [1.29, 1.82) is 0 Å². The Morgan fingerprint density at radius 1 is 1.42 bits per heavy atom. The van der Waals surface area contributed by atoms with E-state index in [9.17, 15) is 8.42 Å². The summed E-state index contributed by atoms with van der Waals surface area (Å²) in [5, 5.41) is 9.46. The van der Waals surface area contributed by atoms with Crippen LogP contribution in [0.1, 0.15) is 18.1 Å². The summed E-state index contributed by atoms with van der Waals surface area (Å²) in [7, 11) is -3.60. The second kappa shape index (κ2) is 6.00. The van der Waals surface area contributed by atoms with Crippen LogP contribution in [0.3, 0.4) is 0 Å². The molecule has 0 unspecified atom stereocenters. The van der Waals surface area contributed by atoms with Gasteiger partial charge in [0.15, 0.2) is 5.03 Å². The summed E-state index contributed by atoms with van der Waals surface area (Å²) in [6.45, 7) is 3.34.